The number of carbonyl (C=O) groups is 3. The summed E-state index contributed by atoms with van der Waals surface area (Å²) in [4.78, 5) is 46.5. The van der Waals surface area contributed by atoms with Gasteiger partial charge in [-0.25, -0.2) is 14.4 Å². The van der Waals surface area contributed by atoms with E-state index in [4.69, 9.17) is 14.2 Å². The number of alkyl carbamates (subject to hydrolysis) is 1. The Morgan fingerprint density at radius 1 is 1.00 bits per heavy atom. The minimum Gasteiger partial charge on any atom is -0.479 e. The SMILES string of the molecule is CCOC(=O)C(C)Oc1ccc(C(O)P(=O)(O)CCC(NC(=O)OCc2ccccc2)C(=O)OC)cc1. The van der Waals surface area contributed by atoms with Crippen LogP contribution < -0.4 is 10.1 Å². The third-order valence-electron chi connectivity index (χ3n) is 5.22. The molecule has 4 unspecified atom stereocenters. The predicted octanol–water partition coefficient (Wildman–Crippen LogP) is 3.14. The van der Waals surface area contributed by atoms with Crippen molar-refractivity contribution in [1.82, 2.24) is 5.32 Å². The molecule has 0 radical (unpaired) electrons. The van der Waals surface area contributed by atoms with Crippen LogP contribution in [-0.2, 0) is 35.0 Å². The first-order chi connectivity index (χ1) is 17.6. The summed E-state index contributed by atoms with van der Waals surface area (Å²) in [5.74, 6) is -2.83. The van der Waals surface area contributed by atoms with Crippen molar-refractivity contribution in [2.45, 2.75) is 44.9 Å². The summed E-state index contributed by atoms with van der Waals surface area (Å²) in [6.07, 6.45) is -2.54. The van der Waals surface area contributed by atoms with Crippen molar-refractivity contribution in [3.63, 3.8) is 0 Å². The fourth-order valence-electron chi connectivity index (χ4n) is 3.20. The van der Waals surface area contributed by atoms with Gasteiger partial charge in [0.1, 0.15) is 18.4 Å². The van der Waals surface area contributed by atoms with E-state index in [9.17, 15) is 28.9 Å². The number of aliphatic hydroxyl groups is 1. The van der Waals surface area contributed by atoms with Gasteiger partial charge in [0, 0.05) is 6.16 Å². The van der Waals surface area contributed by atoms with E-state index in [0.717, 1.165) is 12.7 Å². The minimum absolute atomic E-state index is 0.0317. The van der Waals surface area contributed by atoms with Crippen molar-refractivity contribution in [3.8, 4) is 5.75 Å². The van der Waals surface area contributed by atoms with Gasteiger partial charge in [-0.15, -0.1) is 0 Å². The number of esters is 2. The molecule has 202 valence electrons. The predicted molar refractivity (Wildman–Crippen MR) is 133 cm³/mol. The Morgan fingerprint density at radius 2 is 1.65 bits per heavy atom. The van der Waals surface area contributed by atoms with E-state index in [1.54, 1.807) is 31.2 Å². The van der Waals surface area contributed by atoms with Crippen LogP contribution in [0.4, 0.5) is 4.79 Å². The number of methoxy groups -OCH3 is 1. The van der Waals surface area contributed by atoms with Gasteiger partial charge in [0.25, 0.3) is 0 Å². The third-order valence-corrected chi connectivity index (χ3v) is 7.18. The summed E-state index contributed by atoms with van der Waals surface area (Å²) in [6.45, 7) is 3.38. The van der Waals surface area contributed by atoms with Crippen LogP contribution in [0.2, 0.25) is 0 Å². The molecule has 0 fully saturated rings. The van der Waals surface area contributed by atoms with Crippen molar-refractivity contribution < 1.29 is 47.9 Å². The largest absolute Gasteiger partial charge is 0.479 e. The highest BCUT2D eigenvalue weighted by molar-refractivity contribution is 7.58. The summed E-state index contributed by atoms with van der Waals surface area (Å²) in [6, 6.07) is 13.3. The monoisotopic (exact) mass is 537 g/mol. The van der Waals surface area contributed by atoms with Crippen molar-refractivity contribution in [3.05, 3.63) is 65.7 Å². The lowest BCUT2D eigenvalue weighted by Crippen LogP contribution is -2.42. The van der Waals surface area contributed by atoms with Crippen LogP contribution in [-0.4, -0.2) is 60.1 Å². The van der Waals surface area contributed by atoms with E-state index in [0.29, 0.717) is 5.75 Å². The van der Waals surface area contributed by atoms with Crippen LogP contribution in [0.5, 0.6) is 5.75 Å². The molecule has 0 aliphatic heterocycles. The van der Waals surface area contributed by atoms with Crippen LogP contribution in [0.25, 0.3) is 0 Å². The van der Waals surface area contributed by atoms with Crippen LogP contribution in [0.1, 0.15) is 37.2 Å². The Bertz CT molecular complexity index is 1080. The number of hydrogen-bond acceptors (Lipinski definition) is 9. The number of ether oxygens (including phenoxy) is 4. The maximum atomic E-state index is 12.9. The number of aliphatic hydroxyl groups excluding tert-OH is 1. The Balaban J connectivity index is 1.96. The molecule has 4 atom stereocenters. The van der Waals surface area contributed by atoms with E-state index >= 15 is 0 Å². The van der Waals surface area contributed by atoms with Crippen LogP contribution in [0, 0.1) is 0 Å². The van der Waals surface area contributed by atoms with Gasteiger partial charge in [0.2, 0.25) is 7.37 Å². The molecular formula is C25H32NO10P. The molecule has 37 heavy (non-hydrogen) atoms. The highest BCUT2D eigenvalue weighted by atomic mass is 31.2. The van der Waals surface area contributed by atoms with E-state index < -0.39 is 49.6 Å². The van der Waals surface area contributed by atoms with Gasteiger partial charge >= 0.3 is 18.0 Å². The molecule has 0 aliphatic carbocycles. The van der Waals surface area contributed by atoms with Crippen LogP contribution in [0.3, 0.4) is 0 Å². The van der Waals surface area contributed by atoms with E-state index in [-0.39, 0.29) is 25.2 Å². The van der Waals surface area contributed by atoms with Crippen molar-refractivity contribution in [2.75, 3.05) is 19.9 Å². The summed E-state index contributed by atoms with van der Waals surface area (Å²) in [5, 5.41) is 12.9. The lowest BCUT2D eigenvalue weighted by molar-refractivity contribution is -0.150. The molecule has 0 saturated carbocycles. The van der Waals surface area contributed by atoms with E-state index in [1.165, 1.54) is 31.2 Å². The molecule has 11 nitrogen and oxygen atoms in total. The smallest absolute Gasteiger partial charge is 0.408 e. The number of carbonyl (C=O) groups excluding carboxylic acids is 3. The zero-order chi connectivity index (χ0) is 27.4. The van der Waals surface area contributed by atoms with Crippen LogP contribution >= 0.6 is 7.37 Å². The summed E-state index contributed by atoms with van der Waals surface area (Å²) in [5.41, 5.74) is 0.869. The van der Waals surface area contributed by atoms with Crippen molar-refractivity contribution in [2.24, 2.45) is 0 Å². The number of nitrogens with one attached hydrogen (secondary N) is 1. The molecule has 0 spiro atoms. The van der Waals surface area contributed by atoms with E-state index in [2.05, 4.69) is 10.1 Å². The fraction of sp³-hybridized carbons (Fsp3) is 0.400. The first-order valence-corrected chi connectivity index (χ1v) is 13.5. The minimum atomic E-state index is -4.24. The Hall–Kier alpha value is -3.40. The Kier molecular flexibility index (Phi) is 11.6. The fourth-order valence-corrected chi connectivity index (χ4v) is 4.71. The van der Waals surface area contributed by atoms with Crippen LogP contribution in [0.15, 0.2) is 54.6 Å². The first-order valence-electron chi connectivity index (χ1n) is 11.5. The van der Waals surface area contributed by atoms with Gasteiger partial charge in [-0.1, -0.05) is 42.5 Å². The molecule has 0 saturated heterocycles. The van der Waals surface area contributed by atoms with Gasteiger partial charge in [0.05, 0.1) is 13.7 Å². The highest BCUT2D eigenvalue weighted by Gasteiger charge is 2.33. The van der Waals surface area contributed by atoms with Crippen molar-refractivity contribution >= 4 is 25.4 Å². The Labute approximate surface area is 215 Å². The maximum absolute atomic E-state index is 12.9. The molecule has 1 amide bonds. The lowest BCUT2D eigenvalue weighted by atomic mass is 10.2. The van der Waals surface area contributed by atoms with Gasteiger partial charge < -0.3 is 34.3 Å². The second-order valence-corrected chi connectivity index (χ2v) is 10.5. The molecule has 3 N–H and O–H groups in total. The first kappa shape index (κ1) is 29.8. The number of hydrogen-bond donors (Lipinski definition) is 3. The van der Waals surface area contributed by atoms with Gasteiger partial charge in [-0.2, -0.15) is 0 Å². The zero-order valence-corrected chi connectivity index (χ0v) is 21.8. The molecule has 0 aromatic heterocycles. The molecule has 0 heterocycles. The summed E-state index contributed by atoms with van der Waals surface area (Å²) in [7, 11) is -3.13. The zero-order valence-electron chi connectivity index (χ0n) is 20.9. The maximum Gasteiger partial charge on any atom is 0.408 e. The highest BCUT2D eigenvalue weighted by Crippen LogP contribution is 2.54. The Morgan fingerprint density at radius 3 is 2.24 bits per heavy atom. The molecular weight excluding hydrogens is 505 g/mol. The molecule has 0 aliphatic rings. The number of benzene rings is 2. The van der Waals surface area contributed by atoms with Crippen molar-refractivity contribution in [1.29, 1.82) is 0 Å². The van der Waals surface area contributed by atoms with Gasteiger partial charge in [-0.3, -0.25) is 4.57 Å². The number of amides is 1. The summed E-state index contributed by atoms with van der Waals surface area (Å²) < 4.78 is 33.0. The standard InChI is InChI=1S/C25H32NO10P/c1-4-34-22(27)17(2)36-20-12-10-19(11-13-20)24(29)37(31,32)15-14-21(23(28)33-3)26-25(30)35-16-18-8-6-5-7-9-18/h5-13,17,21,24,29H,4,14-16H2,1-3H3,(H,26,30)(H,31,32). The van der Waals surface area contributed by atoms with Gasteiger partial charge in [0.15, 0.2) is 11.9 Å². The average Bonchev–Trinajstić information content (AvgIpc) is 2.90. The van der Waals surface area contributed by atoms with Gasteiger partial charge in [-0.05, 0) is 43.5 Å². The third kappa shape index (κ3) is 9.53. The molecule has 2 aromatic rings. The topological polar surface area (TPSA) is 158 Å². The molecule has 2 aromatic carbocycles. The summed E-state index contributed by atoms with van der Waals surface area (Å²) >= 11 is 0. The van der Waals surface area contributed by atoms with E-state index in [1.807, 2.05) is 6.07 Å². The average molecular weight is 538 g/mol. The quantitative estimate of drug-likeness (QED) is 0.197. The lowest BCUT2D eigenvalue weighted by Gasteiger charge is -2.22. The normalized spacial score (nSPS) is 14.8. The number of rotatable bonds is 13. The second kappa shape index (κ2) is 14.4. The molecule has 2 rings (SSSR count). The molecule has 12 heteroatoms. The molecule has 0 bridgehead atoms. The second-order valence-electron chi connectivity index (χ2n) is 8.00.